The van der Waals surface area contributed by atoms with Crippen LogP contribution < -0.4 is 9.47 Å². The average Bonchev–Trinajstić information content (AvgIpc) is 2.24. The van der Waals surface area contributed by atoms with Gasteiger partial charge in [0.1, 0.15) is 11.5 Å². The van der Waals surface area contributed by atoms with E-state index in [0.717, 1.165) is 6.92 Å². The maximum Gasteiger partial charge on any atom is 0.352 e. The smallest absolute Gasteiger partial charge is 0.352 e. The highest BCUT2D eigenvalue weighted by atomic mass is 35.5. The van der Waals surface area contributed by atoms with Gasteiger partial charge < -0.3 is 14.6 Å². The molecule has 0 aliphatic heterocycles. The lowest BCUT2D eigenvalue weighted by atomic mass is 10.2. The molecule has 1 rings (SSSR count). The topological polar surface area (TPSA) is 72.8 Å². The molecule has 1 N–H and O–H groups in total. The van der Waals surface area contributed by atoms with Crippen molar-refractivity contribution in [2.45, 2.75) is 13.0 Å². The maximum atomic E-state index is 11.1. The molecule has 0 amide bonds. The number of halogens is 1. The zero-order valence-corrected chi connectivity index (χ0v) is 10.0. The number of rotatable bonds is 5. The second-order valence-corrected chi connectivity index (χ2v) is 3.71. The molecular formula is C11H11ClO5. The fourth-order valence-corrected chi connectivity index (χ4v) is 1.38. The molecule has 1 atom stereocenters. The largest absolute Gasteiger partial charge is 0.497 e. The van der Waals surface area contributed by atoms with E-state index in [9.17, 15) is 9.59 Å². The summed E-state index contributed by atoms with van der Waals surface area (Å²) < 4.78 is 9.99. The number of carbonyl (C=O) groups is 2. The number of ketones is 1. The summed E-state index contributed by atoms with van der Waals surface area (Å²) in [6, 6.07) is 4.39. The second kappa shape index (κ2) is 5.54. The molecule has 0 radical (unpaired) electrons. The zero-order valence-electron chi connectivity index (χ0n) is 9.27. The molecule has 0 aromatic heterocycles. The van der Waals surface area contributed by atoms with Gasteiger partial charge in [-0.15, -0.1) is 0 Å². The van der Waals surface area contributed by atoms with Crippen LogP contribution in [0, 0.1) is 0 Å². The van der Waals surface area contributed by atoms with E-state index in [-0.39, 0.29) is 5.75 Å². The number of Topliss-reactive ketones (excluding diaryl/α,β-unsaturated/α-hetero) is 1. The van der Waals surface area contributed by atoms with Gasteiger partial charge in [-0.1, -0.05) is 11.6 Å². The summed E-state index contributed by atoms with van der Waals surface area (Å²) in [5.41, 5.74) is 0. The van der Waals surface area contributed by atoms with Crippen LogP contribution in [0.5, 0.6) is 11.5 Å². The van der Waals surface area contributed by atoms with Gasteiger partial charge in [0.05, 0.1) is 7.11 Å². The number of aliphatic carboxylic acids is 1. The van der Waals surface area contributed by atoms with E-state index in [1.165, 1.54) is 25.3 Å². The SMILES string of the molecule is COc1cc(Cl)cc(OC(C(C)=O)C(=O)O)c1. The summed E-state index contributed by atoms with van der Waals surface area (Å²) >= 11 is 5.78. The zero-order chi connectivity index (χ0) is 13.0. The lowest BCUT2D eigenvalue weighted by molar-refractivity contribution is -0.149. The van der Waals surface area contributed by atoms with Gasteiger partial charge in [0.15, 0.2) is 5.78 Å². The number of hydrogen-bond acceptors (Lipinski definition) is 4. The molecule has 0 bridgehead atoms. The lowest BCUT2D eigenvalue weighted by Gasteiger charge is -2.13. The van der Waals surface area contributed by atoms with Crippen LogP contribution in [-0.4, -0.2) is 30.1 Å². The predicted molar refractivity (Wildman–Crippen MR) is 60.7 cm³/mol. The summed E-state index contributed by atoms with van der Waals surface area (Å²) in [5, 5.41) is 9.12. The minimum absolute atomic E-state index is 0.164. The van der Waals surface area contributed by atoms with Gasteiger partial charge >= 0.3 is 5.97 Å². The molecule has 17 heavy (non-hydrogen) atoms. The van der Waals surface area contributed by atoms with E-state index in [0.29, 0.717) is 10.8 Å². The Morgan fingerprint density at radius 3 is 2.35 bits per heavy atom. The van der Waals surface area contributed by atoms with Crippen LogP contribution in [0.4, 0.5) is 0 Å². The number of carboxylic acids is 1. The van der Waals surface area contributed by atoms with Crippen molar-refractivity contribution in [1.29, 1.82) is 0 Å². The number of benzene rings is 1. The van der Waals surface area contributed by atoms with Crippen LogP contribution in [0.1, 0.15) is 6.92 Å². The van der Waals surface area contributed by atoms with Gasteiger partial charge in [0.2, 0.25) is 0 Å². The molecule has 0 fully saturated rings. The predicted octanol–water partition coefficient (Wildman–Crippen LogP) is 1.77. The first-order chi connectivity index (χ1) is 7.93. The molecule has 1 unspecified atom stereocenters. The molecule has 1 aromatic rings. The Labute approximate surface area is 103 Å². The minimum Gasteiger partial charge on any atom is -0.497 e. The third-order valence-electron chi connectivity index (χ3n) is 1.93. The Balaban J connectivity index is 2.97. The summed E-state index contributed by atoms with van der Waals surface area (Å²) in [5.74, 6) is -1.37. The molecule has 5 nitrogen and oxygen atoms in total. The third-order valence-corrected chi connectivity index (χ3v) is 2.15. The Hall–Kier alpha value is -1.75. The number of ether oxygens (including phenoxy) is 2. The van der Waals surface area contributed by atoms with Gasteiger partial charge in [0, 0.05) is 11.1 Å². The Kier molecular flexibility index (Phi) is 4.34. The second-order valence-electron chi connectivity index (χ2n) is 3.27. The number of hydrogen-bond donors (Lipinski definition) is 1. The van der Waals surface area contributed by atoms with Crippen LogP contribution >= 0.6 is 11.6 Å². The highest BCUT2D eigenvalue weighted by Crippen LogP contribution is 2.26. The van der Waals surface area contributed by atoms with Crippen molar-refractivity contribution in [3.8, 4) is 11.5 Å². The van der Waals surface area contributed by atoms with Crippen LogP contribution in [0.3, 0.4) is 0 Å². The average molecular weight is 259 g/mol. The molecule has 0 aliphatic carbocycles. The van der Waals surface area contributed by atoms with Gasteiger partial charge in [-0.05, 0) is 19.1 Å². The first kappa shape index (κ1) is 13.3. The van der Waals surface area contributed by atoms with Crippen molar-refractivity contribution in [3.05, 3.63) is 23.2 Å². The summed E-state index contributed by atoms with van der Waals surface area (Å²) in [4.78, 5) is 21.8. The van der Waals surface area contributed by atoms with E-state index >= 15 is 0 Å². The van der Waals surface area contributed by atoms with E-state index in [1.807, 2.05) is 0 Å². The van der Waals surface area contributed by atoms with Gasteiger partial charge in [0.25, 0.3) is 6.10 Å². The Morgan fingerprint density at radius 2 is 1.88 bits per heavy atom. The first-order valence-corrected chi connectivity index (χ1v) is 5.06. The normalized spacial score (nSPS) is 11.7. The standard InChI is InChI=1S/C11H11ClO5/c1-6(13)10(11(14)15)17-9-4-7(12)3-8(5-9)16-2/h3-5,10H,1-2H3,(H,14,15). The van der Waals surface area contributed by atoms with Gasteiger partial charge in [-0.2, -0.15) is 0 Å². The summed E-state index contributed by atoms with van der Waals surface area (Å²) in [6.07, 6.45) is -1.54. The lowest BCUT2D eigenvalue weighted by Crippen LogP contribution is -2.33. The highest BCUT2D eigenvalue weighted by Gasteiger charge is 2.24. The number of carbonyl (C=O) groups excluding carboxylic acids is 1. The molecule has 0 saturated carbocycles. The van der Waals surface area contributed by atoms with Crippen molar-refractivity contribution in [2.24, 2.45) is 0 Å². The third kappa shape index (κ3) is 3.64. The minimum atomic E-state index is -1.54. The van der Waals surface area contributed by atoms with E-state index in [1.54, 1.807) is 0 Å². The van der Waals surface area contributed by atoms with E-state index < -0.39 is 17.9 Å². The molecule has 1 aromatic carbocycles. The van der Waals surface area contributed by atoms with Crippen LogP contribution in [0.25, 0.3) is 0 Å². The maximum absolute atomic E-state index is 11.1. The van der Waals surface area contributed by atoms with Gasteiger partial charge in [-0.25, -0.2) is 4.79 Å². The quantitative estimate of drug-likeness (QED) is 0.815. The molecule has 0 spiro atoms. The monoisotopic (exact) mass is 258 g/mol. The molecular weight excluding hydrogens is 248 g/mol. The fourth-order valence-electron chi connectivity index (χ4n) is 1.17. The molecule has 0 aliphatic rings. The number of carboxylic acid groups (broad SMARTS) is 1. The molecule has 92 valence electrons. The van der Waals surface area contributed by atoms with E-state index in [2.05, 4.69) is 0 Å². The van der Waals surface area contributed by atoms with Crippen molar-refractivity contribution in [3.63, 3.8) is 0 Å². The van der Waals surface area contributed by atoms with Crippen LogP contribution in [-0.2, 0) is 9.59 Å². The fraction of sp³-hybridized carbons (Fsp3) is 0.273. The highest BCUT2D eigenvalue weighted by molar-refractivity contribution is 6.30. The summed E-state index contributed by atoms with van der Waals surface area (Å²) in [6.45, 7) is 1.14. The van der Waals surface area contributed by atoms with Crippen LogP contribution in [0.15, 0.2) is 18.2 Å². The molecule has 6 heteroatoms. The first-order valence-electron chi connectivity index (χ1n) is 4.68. The summed E-state index contributed by atoms with van der Waals surface area (Å²) in [7, 11) is 1.44. The van der Waals surface area contributed by atoms with Crippen molar-refractivity contribution >= 4 is 23.4 Å². The molecule has 0 heterocycles. The Bertz CT molecular complexity index is 429. The van der Waals surface area contributed by atoms with Crippen LogP contribution in [0.2, 0.25) is 5.02 Å². The van der Waals surface area contributed by atoms with E-state index in [4.69, 9.17) is 26.2 Å². The number of methoxy groups -OCH3 is 1. The van der Waals surface area contributed by atoms with Gasteiger partial charge in [-0.3, -0.25) is 4.79 Å². The van der Waals surface area contributed by atoms with Crippen molar-refractivity contribution < 1.29 is 24.2 Å². The van der Waals surface area contributed by atoms with Crippen molar-refractivity contribution in [2.75, 3.05) is 7.11 Å². The molecule has 0 saturated heterocycles. The Morgan fingerprint density at radius 1 is 1.29 bits per heavy atom. The van der Waals surface area contributed by atoms with Crippen molar-refractivity contribution in [1.82, 2.24) is 0 Å².